The monoisotopic (exact) mass is 857 g/mol. The van der Waals surface area contributed by atoms with Crippen LogP contribution >= 0.6 is 0 Å². The van der Waals surface area contributed by atoms with Crippen molar-refractivity contribution in [3.8, 4) is 61.3 Å². The predicted molar refractivity (Wildman–Crippen MR) is 283 cm³/mol. The Balaban J connectivity index is 0.000000162. The van der Waals surface area contributed by atoms with Gasteiger partial charge in [0.15, 0.2) is 0 Å². The van der Waals surface area contributed by atoms with Gasteiger partial charge >= 0.3 is 0 Å². The van der Waals surface area contributed by atoms with Crippen molar-refractivity contribution in [1.82, 2.24) is 4.57 Å². The molecule has 0 aliphatic heterocycles. The predicted octanol–water partition coefficient (Wildman–Crippen LogP) is 17.3. The Morgan fingerprint density at radius 1 is 0.448 bits per heavy atom. The van der Waals surface area contributed by atoms with Crippen molar-refractivity contribution in [2.75, 3.05) is 0 Å². The first-order valence-electron chi connectivity index (χ1n) is 24.1. The van der Waals surface area contributed by atoms with Gasteiger partial charge in [0.05, 0.1) is 11.0 Å². The Morgan fingerprint density at radius 2 is 1.10 bits per heavy atom. The molecule has 1 heteroatoms. The maximum atomic E-state index is 2.45. The van der Waals surface area contributed by atoms with E-state index in [1.807, 2.05) is 0 Å². The first kappa shape index (κ1) is 39.6. The average Bonchev–Trinajstić information content (AvgIpc) is 4.10. The highest BCUT2D eigenvalue weighted by Crippen LogP contribution is 2.55. The molecular weight excluding hydrogens is 807 g/mol. The van der Waals surface area contributed by atoms with Crippen LogP contribution < -0.4 is 0 Å². The topological polar surface area (TPSA) is 4.93 Å². The first-order valence-corrected chi connectivity index (χ1v) is 24.1. The highest BCUT2D eigenvalue weighted by atomic mass is 15.0. The molecule has 0 saturated heterocycles. The number of allylic oxidation sites excluding steroid dienone is 4. The second-order valence-corrected chi connectivity index (χ2v) is 19.6. The van der Waals surface area contributed by atoms with Crippen LogP contribution in [0.5, 0.6) is 0 Å². The molecule has 0 bridgehead atoms. The van der Waals surface area contributed by atoms with Crippen LogP contribution in [-0.2, 0) is 18.3 Å². The number of hydrogen-bond acceptors (Lipinski definition) is 0. The second kappa shape index (κ2) is 15.4. The van der Waals surface area contributed by atoms with E-state index in [0.29, 0.717) is 0 Å². The lowest BCUT2D eigenvalue weighted by Gasteiger charge is -2.25. The number of aromatic nitrogens is 1. The maximum absolute atomic E-state index is 2.45. The summed E-state index contributed by atoms with van der Waals surface area (Å²) in [4.78, 5) is 0. The van der Waals surface area contributed by atoms with Gasteiger partial charge in [0.25, 0.3) is 0 Å². The smallest absolute Gasteiger partial charge is 0.0547 e. The molecule has 0 saturated carbocycles. The SMILES string of the molecule is Cc1ccc2c(c1)C(C)(C)c1c-2ccc2c1C1=C(CCC=C1)C2.c1ccc(-c2cc(-c3ccccc3)cc(-n3c4ccccc4c4ccc(-c5ccc6c(c5)-c5ccccc5C6)cc43)c2)cc1. The molecular formula is C66H51N. The van der Waals surface area contributed by atoms with E-state index in [1.54, 1.807) is 16.7 Å². The molecule has 320 valence electrons. The number of benzene rings is 9. The lowest BCUT2D eigenvalue weighted by molar-refractivity contribution is 0.657. The number of aryl methyl sites for hydroxylation is 1. The third kappa shape index (κ3) is 6.44. The Bertz CT molecular complexity index is 3650. The number of nitrogens with zero attached hydrogens (tertiary/aromatic N) is 1. The Morgan fingerprint density at radius 3 is 1.91 bits per heavy atom. The number of para-hydroxylation sites is 1. The van der Waals surface area contributed by atoms with Gasteiger partial charge in [-0.2, -0.15) is 0 Å². The molecule has 1 nitrogen and oxygen atoms in total. The molecule has 0 unspecified atom stereocenters. The molecule has 1 heterocycles. The van der Waals surface area contributed by atoms with Crippen molar-refractivity contribution in [2.24, 2.45) is 0 Å². The third-order valence-electron chi connectivity index (χ3n) is 15.2. The molecule has 10 aromatic rings. The molecule has 67 heavy (non-hydrogen) atoms. The minimum atomic E-state index is 0.0930. The van der Waals surface area contributed by atoms with E-state index < -0.39 is 0 Å². The van der Waals surface area contributed by atoms with Crippen molar-refractivity contribution >= 4 is 27.4 Å². The minimum Gasteiger partial charge on any atom is -0.309 e. The van der Waals surface area contributed by atoms with Gasteiger partial charge in [0, 0.05) is 21.9 Å². The van der Waals surface area contributed by atoms with Crippen LogP contribution in [0.1, 0.15) is 65.6 Å². The zero-order valence-corrected chi connectivity index (χ0v) is 38.4. The van der Waals surface area contributed by atoms with Crippen LogP contribution in [0, 0.1) is 6.92 Å². The zero-order valence-electron chi connectivity index (χ0n) is 38.4. The van der Waals surface area contributed by atoms with E-state index in [9.17, 15) is 0 Å². The third-order valence-corrected chi connectivity index (χ3v) is 15.2. The average molecular weight is 858 g/mol. The van der Waals surface area contributed by atoms with Crippen molar-refractivity contribution < 1.29 is 0 Å². The fourth-order valence-electron chi connectivity index (χ4n) is 12.0. The van der Waals surface area contributed by atoms with E-state index in [2.05, 4.69) is 232 Å². The molecule has 1 aromatic heterocycles. The quantitative estimate of drug-likeness (QED) is 0.166. The van der Waals surface area contributed by atoms with Gasteiger partial charge in [-0.15, -0.1) is 0 Å². The number of hydrogen-bond donors (Lipinski definition) is 0. The van der Waals surface area contributed by atoms with Gasteiger partial charge in [-0.05, 0) is 164 Å². The van der Waals surface area contributed by atoms with Crippen molar-refractivity contribution in [3.05, 3.63) is 251 Å². The second-order valence-electron chi connectivity index (χ2n) is 19.6. The van der Waals surface area contributed by atoms with Gasteiger partial charge in [0.1, 0.15) is 0 Å². The molecule has 0 amide bonds. The number of rotatable bonds is 4. The molecule has 9 aromatic carbocycles. The summed E-state index contributed by atoms with van der Waals surface area (Å²) in [5, 5.41) is 2.53. The lowest BCUT2D eigenvalue weighted by atomic mass is 9.78. The summed E-state index contributed by atoms with van der Waals surface area (Å²) in [5.41, 5.74) is 30.2. The van der Waals surface area contributed by atoms with Crippen molar-refractivity contribution in [1.29, 1.82) is 0 Å². The largest absolute Gasteiger partial charge is 0.309 e. The summed E-state index contributed by atoms with van der Waals surface area (Å²) in [6, 6.07) is 71.7. The van der Waals surface area contributed by atoms with Crippen LogP contribution in [-0.4, -0.2) is 4.57 Å². The van der Waals surface area contributed by atoms with Crippen molar-refractivity contribution in [3.63, 3.8) is 0 Å². The van der Waals surface area contributed by atoms with E-state index in [1.165, 1.54) is 124 Å². The van der Waals surface area contributed by atoms with Gasteiger partial charge in [-0.25, -0.2) is 0 Å². The Labute approximate surface area is 394 Å². The summed E-state index contributed by atoms with van der Waals surface area (Å²) in [6.45, 7) is 7.01. The first-order chi connectivity index (χ1) is 32.9. The zero-order chi connectivity index (χ0) is 44.8. The summed E-state index contributed by atoms with van der Waals surface area (Å²) in [5.74, 6) is 0. The Kier molecular flexibility index (Phi) is 9.12. The van der Waals surface area contributed by atoms with Gasteiger partial charge in [-0.3, -0.25) is 0 Å². The molecule has 14 rings (SSSR count). The summed E-state index contributed by atoms with van der Waals surface area (Å²) in [7, 11) is 0. The van der Waals surface area contributed by atoms with E-state index >= 15 is 0 Å². The lowest BCUT2D eigenvalue weighted by Crippen LogP contribution is -2.17. The van der Waals surface area contributed by atoms with E-state index in [4.69, 9.17) is 0 Å². The van der Waals surface area contributed by atoms with Crippen LogP contribution in [0.4, 0.5) is 0 Å². The normalized spacial score (nSPS) is 14.6. The highest BCUT2D eigenvalue weighted by Gasteiger charge is 2.40. The van der Waals surface area contributed by atoms with Gasteiger partial charge in [-0.1, -0.05) is 195 Å². The summed E-state index contributed by atoms with van der Waals surface area (Å²) in [6.07, 6.45) is 9.36. The molecule has 0 N–H and O–H groups in total. The summed E-state index contributed by atoms with van der Waals surface area (Å²) >= 11 is 0. The maximum Gasteiger partial charge on any atom is 0.0547 e. The standard InChI is InChI=1S/C43H29N.C23H22/c1-3-11-29(12-4-1)35-24-36(30-13-5-2-6-14-30)26-37(25-35)44-42-18-10-9-17-39(42)40-22-21-32(28-43(40)44)31-19-20-34-23-33-15-7-8-16-38(33)41(34)27-31;1-14-8-10-18-19-11-9-16-13-15-6-4-5-7-17(15)21(16)22(19)23(2,3)20(18)12-14/h1-22,24-28H,23H2;5,7-12H,4,6,13H2,1-3H3. The molecule has 0 radical (unpaired) electrons. The summed E-state index contributed by atoms with van der Waals surface area (Å²) < 4.78 is 2.45. The van der Waals surface area contributed by atoms with Gasteiger partial charge in [0.2, 0.25) is 0 Å². The highest BCUT2D eigenvalue weighted by molar-refractivity contribution is 6.10. The van der Waals surface area contributed by atoms with E-state index in [-0.39, 0.29) is 5.41 Å². The fourth-order valence-corrected chi connectivity index (χ4v) is 12.0. The molecule has 4 aliphatic carbocycles. The Hall–Kier alpha value is -7.74. The molecule has 0 spiro atoms. The fraction of sp³-hybridized carbons (Fsp3) is 0.121. The van der Waals surface area contributed by atoms with Crippen LogP contribution in [0.25, 0.3) is 88.7 Å². The number of fused-ring (bicyclic) bond motifs is 12. The van der Waals surface area contributed by atoms with Crippen LogP contribution in [0.2, 0.25) is 0 Å². The van der Waals surface area contributed by atoms with Crippen molar-refractivity contribution in [2.45, 2.75) is 51.9 Å². The minimum absolute atomic E-state index is 0.0930. The van der Waals surface area contributed by atoms with Crippen LogP contribution in [0.3, 0.4) is 0 Å². The molecule has 0 fully saturated rings. The molecule has 0 atom stereocenters. The molecule has 4 aliphatic rings. The van der Waals surface area contributed by atoms with Crippen LogP contribution in [0.15, 0.2) is 212 Å². The van der Waals surface area contributed by atoms with E-state index in [0.717, 1.165) is 18.5 Å². The van der Waals surface area contributed by atoms with Gasteiger partial charge < -0.3 is 4.57 Å².